The predicted octanol–water partition coefficient (Wildman–Crippen LogP) is 4.01. The summed E-state index contributed by atoms with van der Waals surface area (Å²) in [6.07, 6.45) is 5.28. The highest BCUT2D eigenvalue weighted by molar-refractivity contribution is 7.90. The number of thiazole rings is 1. The molecule has 4 heterocycles. The van der Waals surface area contributed by atoms with E-state index in [2.05, 4.69) is 30.6 Å². The fourth-order valence-electron chi connectivity index (χ4n) is 4.06. The van der Waals surface area contributed by atoms with E-state index in [4.69, 9.17) is 9.72 Å². The fourth-order valence-corrected chi connectivity index (χ4v) is 5.55. The van der Waals surface area contributed by atoms with Crippen molar-refractivity contribution in [3.8, 4) is 0 Å². The normalized spacial score (nSPS) is 11.5. The molecule has 0 saturated carbocycles. The summed E-state index contributed by atoms with van der Waals surface area (Å²) in [6, 6.07) is 12.5. The number of ether oxygens (including phenoxy) is 1. The lowest BCUT2D eigenvalue weighted by Crippen LogP contribution is -2.10. The molecule has 0 fully saturated rings. The van der Waals surface area contributed by atoms with E-state index in [0.717, 1.165) is 22.6 Å². The first-order valence-corrected chi connectivity index (χ1v) is 15.5. The van der Waals surface area contributed by atoms with E-state index < -0.39 is 15.8 Å². The Balaban J connectivity index is 1.46. The monoisotopic (exact) mass is 592 g/mol. The summed E-state index contributed by atoms with van der Waals surface area (Å²) >= 11 is 1.16. The molecule has 0 unspecified atom stereocenters. The largest absolute Gasteiger partial charge is 0.462 e. The van der Waals surface area contributed by atoms with E-state index in [0.29, 0.717) is 52.2 Å². The zero-order valence-corrected chi connectivity index (χ0v) is 24.3. The number of hydrogen-bond acceptors (Lipinski definition) is 12. The minimum Gasteiger partial charge on any atom is -0.462 e. The number of sulfone groups is 1. The Bertz CT molecular complexity index is 1790. The van der Waals surface area contributed by atoms with Gasteiger partial charge in [0.05, 0.1) is 30.1 Å². The summed E-state index contributed by atoms with van der Waals surface area (Å²) in [5.74, 6) is 0.374. The van der Waals surface area contributed by atoms with Crippen molar-refractivity contribution in [3.63, 3.8) is 0 Å². The van der Waals surface area contributed by atoms with Crippen molar-refractivity contribution in [2.75, 3.05) is 30.0 Å². The maximum atomic E-state index is 12.3. The number of imidazole rings is 1. The highest BCUT2D eigenvalue weighted by Gasteiger charge is 2.19. The van der Waals surface area contributed by atoms with Gasteiger partial charge in [-0.1, -0.05) is 29.5 Å². The molecule has 5 rings (SSSR count). The molecule has 4 aromatic heterocycles. The van der Waals surface area contributed by atoms with Gasteiger partial charge in [0.2, 0.25) is 5.95 Å². The number of nitrogens with zero attached hydrogens (tertiary/aromatic N) is 6. The number of hydrogen-bond donors (Lipinski definition) is 2. The van der Waals surface area contributed by atoms with Crippen LogP contribution in [0.3, 0.4) is 0 Å². The Hall–Kier alpha value is -4.43. The van der Waals surface area contributed by atoms with Gasteiger partial charge in [-0.2, -0.15) is 9.97 Å². The molecule has 0 atom stereocenters. The molecule has 0 amide bonds. The number of fused-ring (bicyclic) bond motifs is 1. The third-order valence-electron chi connectivity index (χ3n) is 6.04. The third kappa shape index (κ3) is 6.66. The number of carbonyl (C=O) groups is 1. The van der Waals surface area contributed by atoms with Crippen LogP contribution < -0.4 is 10.6 Å². The van der Waals surface area contributed by atoms with Gasteiger partial charge in [0.25, 0.3) is 0 Å². The van der Waals surface area contributed by atoms with Crippen molar-refractivity contribution in [1.82, 2.24) is 29.5 Å². The highest BCUT2D eigenvalue weighted by Crippen LogP contribution is 2.28. The third-order valence-corrected chi connectivity index (χ3v) is 8.23. The average molecular weight is 593 g/mol. The number of pyridine rings is 1. The number of carbonyl (C=O) groups excluding carboxylic acids is 1. The minimum atomic E-state index is -3.29. The van der Waals surface area contributed by atoms with Crippen LogP contribution in [0.4, 0.5) is 16.9 Å². The van der Waals surface area contributed by atoms with Gasteiger partial charge in [-0.25, -0.2) is 23.2 Å². The number of aryl methyl sites for hydroxylation is 1. The number of nitrogens with one attached hydrogen (secondary N) is 2. The van der Waals surface area contributed by atoms with E-state index in [1.165, 1.54) is 6.26 Å². The summed E-state index contributed by atoms with van der Waals surface area (Å²) < 4.78 is 30.7. The second kappa shape index (κ2) is 12.0. The van der Waals surface area contributed by atoms with Crippen LogP contribution in [-0.4, -0.2) is 63.3 Å². The summed E-state index contributed by atoms with van der Waals surface area (Å²) in [5, 5.41) is 6.93. The molecule has 12 nitrogen and oxygen atoms in total. The number of esters is 1. The molecule has 0 aliphatic rings. The molecule has 0 aliphatic heterocycles. The first kappa shape index (κ1) is 28.1. The summed E-state index contributed by atoms with van der Waals surface area (Å²) in [4.78, 5) is 35.7. The smallest absolute Gasteiger partial charge is 0.350 e. The lowest BCUT2D eigenvalue weighted by molar-refractivity contribution is 0.0531. The maximum Gasteiger partial charge on any atom is 0.350 e. The Morgan fingerprint density at radius 3 is 2.59 bits per heavy atom. The van der Waals surface area contributed by atoms with E-state index in [9.17, 15) is 13.2 Å². The van der Waals surface area contributed by atoms with Crippen molar-refractivity contribution in [1.29, 1.82) is 0 Å². The summed E-state index contributed by atoms with van der Waals surface area (Å²) in [7, 11) is -3.29. The molecule has 1 aromatic carbocycles. The highest BCUT2D eigenvalue weighted by atomic mass is 32.2. The van der Waals surface area contributed by atoms with Gasteiger partial charge in [0, 0.05) is 31.1 Å². The molecule has 0 saturated heterocycles. The summed E-state index contributed by atoms with van der Waals surface area (Å²) in [6.45, 7) is 4.74. The second-order valence-corrected chi connectivity index (χ2v) is 12.1. The van der Waals surface area contributed by atoms with Crippen molar-refractivity contribution >= 4 is 55.2 Å². The van der Waals surface area contributed by atoms with Crippen molar-refractivity contribution < 1.29 is 17.9 Å². The predicted molar refractivity (Wildman–Crippen MR) is 156 cm³/mol. The van der Waals surface area contributed by atoms with Gasteiger partial charge in [0.15, 0.2) is 32.0 Å². The first-order chi connectivity index (χ1) is 19.7. The van der Waals surface area contributed by atoms with Crippen LogP contribution in [0, 0.1) is 6.92 Å². The van der Waals surface area contributed by atoms with E-state index in [-0.39, 0.29) is 17.5 Å². The zero-order chi connectivity index (χ0) is 29.0. The minimum absolute atomic E-state index is 0.255. The van der Waals surface area contributed by atoms with Gasteiger partial charge in [-0.05, 0) is 43.7 Å². The number of rotatable bonds is 11. The Morgan fingerprint density at radius 2 is 1.88 bits per heavy atom. The molecule has 212 valence electrons. The SMILES string of the molecule is CCOC(=O)c1sc(Nc2nc(NCCc3ccccn3)c3ncn(Cc4ccc(S(C)(=O)=O)cc4)c3n2)nc1C. The number of anilines is 3. The Labute approximate surface area is 240 Å². The van der Waals surface area contributed by atoms with E-state index >= 15 is 0 Å². The molecule has 0 aliphatic carbocycles. The van der Waals surface area contributed by atoms with Gasteiger partial charge in [0.1, 0.15) is 4.88 Å². The van der Waals surface area contributed by atoms with Crippen LogP contribution in [-0.2, 0) is 27.5 Å². The van der Waals surface area contributed by atoms with E-state index in [1.807, 2.05) is 22.8 Å². The van der Waals surface area contributed by atoms with Crippen LogP contribution in [0.1, 0.15) is 33.5 Å². The number of benzene rings is 1. The average Bonchev–Trinajstić information content (AvgIpc) is 3.52. The quantitative estimate of drug-likeness (QED) is 0.214. The van der Waals surface area contributed by atoms with Crippen molar-refractivity contribution in [2.24, 2.45) is 0 Å². The molecule has 14 heteroatoms. The van der Waals surface area contributed by atoms with Gasteiger partial charge < -0.3 is 14.6 Å². The maximum absolute atomic E-state index is 12.3. The van der Waals surface area contributed by atoms with Crippen LogP contribution >= 0.6 is 11.3 Å². The molecular weight excluding hydrogens is 564 g/mol. The molecular formula is C27H28N8O4S2. The number of aromatic nitrogens is 6. The second-order valence-electron chi connectivity index (χ2n) is 9.13. The topological polar surface area (TPSA) is 154 Å². The molecule has 0 bridgehead atoms. The van der Waals surface area contributed by atoms with E-state index in [1.54, 1.807) is 50.6 Å². The van der Waals surface area contributed by atoms with Crippen LogP contribution in [0.25, 0.3) is 11.2 Å². The molecule has 41 heavy (non-hydrogen) atoms. The molecule has 0 spiro atoms. The fraction of sp³-hybridized carbons (Fsp3) is 0.259. The van der Waals surface area contributed by atoms with Crippen LogP contribution in [0.15, 0.2) is 59.9 Å². The van der Waals surface area contributed by atoms with Crippen molar-refractivity contribution in [3.05, 3.63) is 76.8 Å². The zero-order valence-electron chi connectivity index (χ0n) is 22.7. The molecule has 2 N–H and O–H groups in total. The molecule has 0 radical (unpaired) electrons. The molecule has 5 aromatic rings. The lowest BCUT2D eigenvalue weighted by atomic mass is 10.2. The van der Waals surface area contributed by atoms with Crippen molar-refractivity contribution in [2.45, 2.75) is 31.7 Å². The van der Waals surface area contributed by atoms with Crippen LogP contribution in [0.2, 0.25) is 0 Å². The summed E-state index contributed by atoms with van der Waals surface area (Å²) in [5.41, 5.74) is 3.51. The first-order valence-electron chi connectivity index (χ1n) is 12.8. The Morgan fingerprint density at radius 1 is 1.07 bits per heavy atom. The van der Waals surface area contributed by atoms with Gasteiger partial charge in [-0.3, -0.25) is 10.3 Å². The van der Waals surface area contributed by atoms with Gasteiger partial charge >= 0.3 is 5.97 Å². The Kier molecular flexibility index (Phi) is 8.21. The standard InChI is InChI=1S/C27H28N8O4S2/c1-4-39-25(36)22-17(2)31-27(40-22)34-26-32-23(29-14-12-19-7-5-6-13-28-19)21-24(33-26)35(16-30-21)15-18-8-10-20(11-9-18)41(3,37)38/h5-11,13,16H,4,12,14-15H2,1-3H3,(H2,29,31,32,33,34). The van der Waals surface area contributed by atoms with Gasteiger partial charge in [-0.15, -0.1) is 0 Å². The van der Waals surface area contributed by atoms with Crippen LogP contribution in [0.5, 0.6) is 0 Å². The lowest BCUT2D eigenvalue weighted by Gasteiger charge is -2.10.